The lowest BCUT2D eigenvalue weighted by Crippen LogP contribution is -2.38. The number of hydrogen-bond acceptors (Lipinski definition) is 6. The van der Waals surface area contributed by atoms with Crippen LogP contribution in [0.15, 0.2) is 70.3 Å². The van der Waals surface area contributed by atoms with E-state index >= 15 is 0 Å². The average Bonchev–Trinajstić information content (AvgIpc) is 3.30. The van der Waals surface area contributed by atoms with Gasteiger partial charge in [0.05, 0.1) is 5.39 Å². The van der Waals surface area contributed by atoms with Gasteiger partial charge in [0.25, 0.3) is 5.56 Å². The molecule has 0 atom stereocenters. The van der Waals surface area contributed by atoms with Crippen molar-refractivity contribution in [3.63, 3.8) is 0 Å². The Morgan fingerprint density at radius 1 is 1.03 bits per heavy atom. The molecule has 0 radical (unpaired) electrons. The number of hydrogen-bond donors (Lipinski definition) is 0. The number of ether oxygens (including phenoxy) is 1. The Morgan fingerprint density at radius 2 is 1.74 bits per heavy atom. The van der Waals surface area contributed by atoms with Crippen molar-refractivity contribution < 1.29 is 18.7 Å². The number of rotatable bonds is 8. The van der Waals surface area contributed by atoms with E-state index in [2.05, 4.69) is 0 Å². The number of carbonyl (C=O) groups is 2. The number of ketones is 1. The largest absolute Gasteiger partial charge is 0.457 e. The molecule has 0 unspecified atom stereocenters. The Hall–Kier alpha value is -3.85. The molecular formula is C25H21FN2O5S. The molecule has 0 fully saturated rings. The molecule has 0 bridgehead atoms. The van der Waals surface area contributed by atoms with Crippen molar-refractivity contribution >= 4 is 33.3 Å². The van der Waals surface area contributed by atoms with E-state index in [1.54, 1.807) is 0 Å². The van der Waals surface area contributed by atoms with E-state index in [0.29, 0.717) is 10.4 Å². The second-order valence-corrected chi connectivity index (χ2v) is 8.75. The highest BCUT2D eigenvalue weighted by molar-refractivity contribution is 7.20. The molecule has 0 aliphatic carbocycles. The lowest BCUT2D eigenvalue weighted by molar-refractivity contribution is 0.0478. The molecular weight excluding hydrogens is 459 g/mol. The molecule has 34 heavy (non-hydrogen) atoms. The van der Waals surface area contributed by atoms with Crippen molar-refractivity contribution in [2.75, 3.05) is 0 Å². The number of esters is 1. The predicted molar refractivity (Wildman–Crippen MR) is 127 cm³/mol. The molecule has 0 aliphatic rings. The molecule has 4 rings (SSSR count). The maximum absolute atomic E-state index is 13.0. The summed E-state index contributed by atoms with van der Waals surface area (Å²) in [6, 6.07) is 15.9. The third-order valence-electron chi connectivity index (χ3n) is 5.38. The zero-order valence-electron chi connectivity index (χ0n) is 18.3. The van der Waals surface area contributed by atoms with Crippen LogP contribution in [0.4, 0.5) is 4.39 Å². The first-order valence-electron chi connectivity index (χ1n) is 10.6. The monoisotopic (exact) mass is 480 g/mol. The smallest absolute Gasteiger partial charge is 0.348 e. The third-order valence-corrected chi connectivity index (χ3v) is 6.57. The molecule has 0 saturated carbocycles. The number of thiophene rings is 1. The van der Waals surface area contributed by atoms with Crippen LogP contribution in [0.5, 0.6) is 0 Å². The molecule has 2 heterocycles. The van der Waals surface area contributed by atoms with Crippen molar-refractivity contribution in [3.8, 4) is 0 Å². The van der Waals surface area contributed by atoms with Crippen molar-refractivity contribution in [3.05, 3.63) is 103 Å². The van der Waals surface area contributed by atoms with Crippen LogP contribution in [0.1, 0.15) is 38.4 Å². The highest BCUT2D eigenvalue weighted by Gasteiger charge is 2.19. The number of carbonyl (C=O) groups excluding carboxylic acids is 2. The summed E-state index contributed by atoms with van der Waals surface area (Å²) in [4.78, 5) is 51.2. The van der Waals surface area contributed by atoms with Crippen LogP contribution in [0.25, 0.3) is 10.2 Å². The molecule has 4 aromatic rings. The van der Waals surface area contributed by atoms with Crippen LogP contribution in [0.3, 0.4) is 0 Å². The zero-order valence-corrected chi connectivity index (χ0v) is 19.1. The first-order valence-corrected chi connectivity index (χ1v) is 11.4. The number of nitrogens with zero attached hydrogens (tertiary/aromatic N) is 2. The number of benzene rings is 2. The minimum absolute atomic E-state index is 0.0397. The Kier molecular flexibility index (Phi) is 6.83. The molecule has 0 N–H and O–H groups in total. The first-order chi connectivity index (χ1) is 16.3. The zero-order chi connectivity index (χ0) is 24.2. The maximum Gasteiger partial charge on any atom is 0.348 e. The average molecular weight is 481 g/mol. The van der Waals surface area contributed by atoms with Gasteiger partial charge in [0.1, 0.15) is 22.1 Å². The molecule has 0 aliphatic heterocycles. The summed E-state index contributed by atoms with van der Waals surface area (Å²) < 4.78 is 20.8. The highest BCUT2D eigenvalue weighted by atomic mass is 32.1. The number of aromatic nitrogens is 2. The SMILES string of the molecule is Cn1c(=O)n(CCCC(=O)c2ccc(F)cc2)c(=O)c2cc(C(=O)OCc3ccccc3)sc21. The van der Waals surface area contributed by atoms with Gasteiger partial charge < -0.3 is 4.74 Å². The topological polar surface area (TPSA) is 87.4 Å². The molecule has 0 saturated heterocycles. The lowest BCUT2D eigenvalue weighted by atomic mass is 10.1. The van der Waals surface area contributed by atoms with Gasteiger partial charge in [0, 0.05) is 25.6 Å². The fourth-order valence-corrected chi connectivity index (χ4v) is 4.55. The summed E-state index contributed by atoms with van der Waals surface area (Å²) in [5.74, 6) is -1.21. The van der Waals surface area contributed by atoms with Crippen LogP contribution < -0.4 is 11.2 Å². The van der Waals surface area contributed by atoms with Gasteiger partial charge >= 0.3 is 11.7 Å². The number of halogens is 1. The van der Waals surface area contributed by atoms with Crippen LogP contribution in [-0.4, -0.2) is 20.9 Å². The van der Waals surface area contributed by atoms with Crippen molar-refractivity contribution in [2.24, 2.45) is 7.05 Å². The van der Waals surface area contributed by atoms with Crippen LogP contribution in [0, 0.1) is 5.82 Å². The number of fused-ring (bicyclic) bond motifs is 1. The van der Waals surface area contributed by atoms with Gasteiger partial charge in [0.15, 0.2) is 5.78 Å². The van der Waals surface area contributed by atoms with Gasteiger partial charge in [-0.05, 0) is 42.3 Å². The summed E-state index contributed by atoms with van der Waals surface area (Å²) in [6.45, 7) is 0.136. The second kappa shape index (κ2) is 9.96. The van der Waals surface area contributed by atoms with Crippen molar-refractivity contribution in [2.45, 2.75) is 26.0 Å². The van der Waals surface area contributed by atoms with Gasteiger partial charge in [0.2, 0.25) is 0 Å². The van der Waals surface area contributed by atoms with Gasteiger partial charge in [-0.1, -0.05) is 30.3 Å². The summed E-state index contributed by atoms with van der Waals surface area (Å²) in [7, 11) is 1.53. The third kappa shape index (κ3) is 4.89. The van der Waals surface area contributed by atoms with E-state index in [1.807, 2.05) is 30.3 Å². The quantitative estimate of drug-likeness (QED) is 0.282. The summed E-state index contributed by atoms with van der Waals surface area (Å²) in [5.41, 5.74) is 0.152. The van der Waals surface area contributed by atoms with Crippen molar-refractivity contribution in [1.29, 1.82) is 0 Å². The highest BCUT2D eigenvalue weighted by Crippen LogP contribution is 2.23. The van der Waals surface area contributed by atoms with E-state index in [1.165, 1.54) is 41.9 Å². The predicted octanol–water partition coefficient (Wildman–Crippen LogP) is 3.92. The van der Waals surface area contributed by atoms with Crippen LogP contribution in [-0.2, 0) is 24.9 Å². The summed E-state index contributed by atoms with van der Waals surface area (Å²) >= 11 is 1.02. The molecule has 9 heteroatoms. The van der Waals surface area contributed by atoms with Gasteiger partial charge in [-0.3, -0.25) is 18.7 Å². The lowest BCUT2D eigenvalue weighted by Gasteiger charge is -2.08. The Morgan fingerprint density at radius 3 is 2.44 bits per heavy atom. The number of aryl methyl sites for hydroxylation is 1. The van der Waals surface area contributed by atoms with E-state index in [0.717, 1.165) is 21.5 Å². The molecule has 2 aromatic heterocycles. The molecule has 2 aromatic carbocycles. The summed E-state index contributed by atoms with van der Waals surface area (Å²) in [5, 5.41) is 0.239. The van der Waals surface area contributed by atoms with Crippen molar-refractivity contribution in [1.82, 2.24) is 9.13 Å². The minimum Gasteiger partial charge on any atom is -0.457 e. The maximum atomic E-state index is 13.0. The van der Waals surface area contributed by atoms with Crippen LogP contribution in [0.2, 0.25) is 0 Å². The standard InChI is InChI=1S/C25H21FN2O5S/c1-27-23-19(14-21(34-23)24(31)33-15-16-6-3-2-4-7-16)22(30)28(25(27)32)13-5-8-20(29)17-9-11-18(26)12-10-17/h2-4,6-7,9-12,14H,5,8,13,15H2,1H3. The Bertz CT molecular complexity index is 1470. The summed E-state index contributed by atoms with van der Waals surface area (Å²) in [6.07, 6.45) is 0.354. The normalized spacial score (nSPS) is 11.0. The molecule has 0 spiro atoms. The van der Waals surface area contributed by atoms with Gasteiger partial charge in [-0.2, -0.15) is 0 Å². The van der Waals surface area contributed by atoms with E-state index < -0.39 is 23.0 Å². The van der Waals surface area contributed by atoms with E-state index in [9.17, 15) is 23.6 Å². The molecule has 0 amide bonds. The molecule has 7 nitrogen and oxygen atoms in total. The molecule has 174 valence electrons. The fraction of sp³-hybridized carbons (Fsp3) is 0.200. The van der Waals surface area contributed by atoms with E-state index in [-0.39, 0.29) is 42.0 Å². The van der Waals surface area contributed by atoms with Gasteiger partial charge in [-0.25, -0.2) is 14.0 Å². The first kappa shape index (κ1) is 23.3. The van der Waals surface area contributed by atoms with Crippen LogP contribution >= 0.6 is 11.3 Å². The van der Waals surface area contributed by atoms with E-state index in [4.69, 9.17) is 4.74 Å². The second-order valence-electron chi connectivity index (χ2n) is 7.72. The Balaban J connectivity index is 1.50. The fourth-order valence-electron chi connectivity index (χ4n) is 3.55. The number of Topliss-reactive ketones (excluding diaryl/α,β-unsaturated/α-hetero) is 1. The Labute approximate surface area is 197 Å². The van der Waals surface area contributed by atoms with Gasteiger partial charge in [-0.15, -0.1) is 11.3 Å². The minimum atomic E-state index is -0.576.